The number of ether oxygens (including phenoxy) is 2. The van der Waals surface area contributed by atoms with Crippen LogP contribution in [0, 0.1) is 10.8 Å². The summed E-state index contributed by atoms with van der Waals surface area (Å²) in [4.78, 5) is 0. The van der Waals surface area contributed by atoms with Crippen LogP contribution in [-0.2, 0) is 9.47 Å². The number of methoxy groups -OCH3 is 2. The third-order valence-electron chi connectivity index (χ3n) is 2.84. The maximum absolute atomic E-state index is 5.18. The first-order valence-corrected chi connectivity index (χ1v) is 4.35. The van der Waals surface area contributed by atoms with E-state index in [-0.39, 0.29) is 10.8 Å². The summed E-state index contributed by atoms with van der Waals surface area (Å²) in [5.74, 6) is 0. The zero-order valence-electron chi connectivity index (χ0n) is 9.23. The van der Waals surface area contributed by atoms with E-state index in [1.807, 2.05) is 0 Å². The van der Waals surface area contributed by atoms with Crippen LogP contribution in [0.3, 0.4) is 0 Å². The molecule has 0 aromatic heterocycles. The molecule has 0 amide bonds. The second-order valence-corrected chi connectivity index (χ2v) is 4.63. The highest BCUT2D eigenvalue weighted by Crippen LogP contribution is 2.38. The largest absolute Gasteiger partial charge is 0.384 e. The molecular weight excluding hydrogens is 152 g/mol. The van der Waals surface area contributed by atoms with E-state index in [1.54, 1.807) is 14.2 Å². The normalized spacial score (nSPS) is 13.5. The predicted octanol–water partition coefficient (Wildman–Crippen LogP) is 2.33. The van der Waals surface area contributed by atoms with Crippen molar-refractivity contribution in [3.63, 3.8) is 0 Å². The Balaban J connectivity index is 4.28. The smallest absolute Gasteiger partial charge is 0.0519 e. The third kappa shape index (κ3) is 2.76. The van der Waals surface area contributed by atoms with Crippen molar-refractivity contribution in [3.05, 3.63) is 0 Å². The van der Waals surface area contributed by atoms with E-state index in [0.717, 1.165) is 13.2 Å². The summed E-state index contributed by atoms with van der Waals surface area (Å²) in [6.07, 6.45) is 0. The van der Waals surface area contributed by atoms with Gasteiger partial charge in [0.15, 0.2) is 0 Å². The molecule has 0 aromatic carbocycles. The molecule has 0 bridgehead atoms. The lowest BCUT2D eigenvalue weighted by atomic mass is 9.69. The van der Waals surface area contributed by atoms with Crippen molar-refractivity contribution in [2.45, 2.75) is 27.7 Å². The molecule has 0 saturated heterocycles. The Kier molecular flexibility index (Phi) is 4.21. The molecule has 0 aromatic rings. The van der Waals surface area contributed by atoms with Crippen molar-refractivity contribution in [1.29, 1.82) is 0 Å². The van der Waals surface area contributed by atoms with Crippen LogP contribution in [0.1, 0.15) is 27.7 Å². The molecule has 0 aliphatic heterocycles. The number of hydrogen-bond donors (Lipinski definition) is 0. The van der Waals surface area contributed by atoms with Crippen LogP contribution in [0.5, 0.6) is 0 Å². The van der Waals surface area contributed by atoms with E-state index in [1.165, 1.54) is 0 Å². The lowest BCUT2D eigenvalue weighted by Gasteiger charge is -2.40. The van der Waals surface area contributed by atoms with Gasteiger partial charge in [-0.3, -0.25) is 0 Å². The molecule has 0 aliphatic rings. The van der Waals surface area contributed by atoms with Gasteiger partial charge in [0.2, 0.25) is 0 Å². The van der Waals surface area contributed by atoms with Crippen LogP contribution in [0.2, 0.25) is 0 Å². The Morgan fingerprint density at radius 1 is 0.750 bits per heavy atom. The van der Waals surface area contributed by atoms with E-state index in [4.69, 9.17) is 9.47 Å². The summed E-state index contributed by atoms with van der Waals surface area (Å²) in [7, 11) is 3.48. The molecule has 2 heteroatoms. The van der Waals surface area contributed by atoms with Gasteiger partial charge in [0.05, 0.1) is 13.2 Å². The van der Waals surface area contributed by atoms with Gasteiger partial charge in [0.1, 0.15) is 0 Å². The summed E-state index contributed by atoms with van der Waals surface area (Å²) in [5, 5.41) is 0. The van der Waals surface area contributed by atoms with Gasteiger partial charge in [-0.25, -0.2) is 0 Å². The lowest BCUT2D eigenvalue weighted by molar-refractivity contribution is -0.0332. The van der Waals surface area contributed by atoms with Crippen LogP contribution in [0.4, 0.5) is 0 Å². The highest BCUT2D eigenvalue weighted by molar-refractivity contribution is 4.85. The topological polar surface area (TPSA) is 18.5 Å². The molecule has 0 atom stereocenters. The predicted molar refractivity (Wildman–Crippen MR) is 51.3 cm³/mol. The molecular formula is C10H22O2. The van der Waals surface area contributed by atoms with Crippen molar-refractivity contribution >= 4 is 0 Å². The van der Waals surface area contributed by atoms with Gasteiger partial charge in [-0.2, -0.15) is 0 Å². The first kappa shape index (κ1) is 11.9. The van der Waals surface area contributed by atoms with Gasteiger partial charge < -0.3 is 9.47 Å². The summed E-state index contributed by atoms with van der Waals surface area (Å²) >= 11 is 0. The molecule has 0 aliphatic carbocycles. The zero-order valence-corrected chi connectivity index (χ0v) is 9.23. The minimum Gasteiger partial charge on any atom is -0.384 e. The van der Waals surface area contributed by atoms with Gasteiger partial charge >= 0.3 is 0 Å². The molecule has 0 radical (unpaired) electrons. The average Bonchev–Trinajstić information content (AvgIpc) is 1.86. The Morgan fingerprint density at radius 3 is 1.17 bits per heavy atom. The molecule has 0 spiro atoms. The third-order valence-corrected chi connectivity index (χ3v) is 2.84. The molecule has 0 N–H and O–H groups in total. The first-order chi connectivity index (χ1) is 5.37. The van der Waals surface area contributed by atoms with Gasteiger partial charge in [-0.05, 0) is 10.8 Å². The fourth-order valence-corrected chi connectivity index (χ4v) is 1.11. The fraction of sp³-hybridized carbons (Fsp3) is 1.00. The second kappa shape index (κ2) is 4.24. The zero-order chi connectivity index (χ0) is 9.83. The Hall–Kier alpha value is -0.0800. The maximum Gasteiger partial charge on any atom is 0.0519 e. The molecule has 0 unspecified atom stereocenters. The quantitative estimate of drug-likeness (QED) is 0.637. The van der Waals surface area contributed by atoms with E-state index >= 15 is 0 Å². The second-order valence-electron chi connectivity index (χ2n) is 4.63. The average molecular weight is 174 g/mol. The van der Waals surface area contributed by atoms with E-state index in [0.29, 0.717) is 0 Å². The van der Waals surface area contributed by atoms with Gasteiger partial charge in [-0.1, -0.05) is 27.7 Å². The maximum atomic E-state index is 5.18. The van der Waals surface area contributed by atoms with Crippen LogP contribution >= 0.6 is 0 Å². The van der Waals surface area contributed by atoms with Crippen LogP contribution < -0.4 is 0 Å². The number of rotatable bonds is 5. The fourth-order valence-electron chi connectivity index (χ4n) is 1.11. The minimum absolute atomic E-state index is 0.151. The number of hydrogen-bond acceptors (Lipinski definition) is 2. The van der Waals surface area contributed by atoms with Crippen molar-refractivity contribution in [1.82, 2.24) is 0 Å². The Labute approximate surface area is 76.3 Å². The SMILES string of the molecule is COCC(C)(C)C(C)(C)COC. The van der Waals surface area contributed by atoms with E-state index in [9.17, 15) is 0 Å². The summed E-state index contributed by atoms with van der Waals surface area (Å²) in [6, 6.07) is 0. The Bertz CT molecular complexity index is 112. The highest BCUT2D eigenvalue weighted by Gasteiger charge is 2.36. The summed E-state index contributed by atoms with van der Waals surface area (Å²) < 4.78 is 10.4. The van der Waals surface area contributed by atoms with Crippen molar-refractivity contribution in [2.75, 3.05) is 27.4 Å². The van der Waals surface area contributed by atoms with Crippen molar-refractivity contribution < 1.29 is 9.47 Å². The Morgan fingerprint density at radius 2 is 1.00 bits per heavy atom. The summed E-state index contributed by atoms with van der Waals surface area (Å²) in [5.41, 5.74) is 0.301. The lowest BCUT2D eigenvalue weighted by Crippen LogP contribution is -2.39. The molecule has 0 rings (SSSR count). The van der Waals surface area contributed by atoms with E-state index < -0.39 is 0 Å². The molecule has 0 fully saturated rings. The van der Waals surface area contributed by atoms with Crippen LogP contribution in [0.25, 0.3) is 0 Å². The minimum atomic E-state index is 0.151. The van der Waals surface area contributed by atoms with Gasteiger partial charge in [-0.15, -0.1) is 0 Å². The van der Waals surface area contributed by atoms with Crippen LogP contribution in [-0.4, -0.2) is 27.4 Å². The molecule has 2 nitrogen and oxygen atoms in total. The molecule has 12 heavy (non-hydrogen) atoms. The molecule has 0 saturated carbocycles. The molecule has 74 valence electrons. The van der Waals surface area contributed by atoms with Crippen molar-refractivity contribution in [3.8, 4) is 0 Å². The first-order valence-electron chi connectivity index (χ1n) is 4.35. The monoisotopic (exact) mass is 174 g/mol. The van der Waals surface area contributed by atoms with E-state index in [2.05, 4.69) is 27.7 Å². The summed E-state index contributed by atoms with van der Waals surface area (Å²) in [6.45, 7) is 10.4. The highest BCUT2D eigenvalue weighted by atomic mass is 16.5. The van der Waals surface area contributed by atoms with Crippen LogP contribution in [0.15, 0.2) is 0 Å². The van der Waals surface area contributed by atoms with Gasteiger partial charge in [0, 0.05) is 14.2 Å². The standard InChI is InChI=1S/C10H22O2/c1-9(2,7-11-5)10(3,4)8-12-6/h7-8H2,1-6H3. The molecule has 0 heterocycles. The van der Waals surface area contributed by atoms with Crippen molar-refractivity contribution in [2.24, 2.45) is 10.8 Å². The van der Waals surface area contributed by atoms with Gasteiger partial charge in [0.25, 0.3) is 0 Å².